The van der Waals surface area contributed by atoms with Crippen molar-refractivity contribution in [1.82, 2.24) is 15.0 Å². The van der Waals surface area contributed by atoms with Crippen LogP contribution in [0.15, 0.2) is 65.4 Å². The molecule has 2 aromatic heterocycles. The fourth-order valence-electron chi connectivity index (χ4n) is 3.06. The van der Waals surface area contributed by atoms with E-state index in [9.17, 15) is 18.0 Å². The SMILES string of the molecule is O=C(O)C(F)(F)F.O=C(c1cc(-c2ccccc2)on1)N1CCC(Oc2cccnc2)CC1. The Labute approximate surface area is 186 Å². The lowest BCUT2D eigenvalue weighted by atomic mass is 10.1. The molecule has 1 saturated heterocycles. The molecule has 1 aromatic carbocycles. The van der Waals surface area contributed by atoms with Crippen LogP contribution in [0.25, 0.3) is 11.3 Å². The zero-order valence-corrected chi connectivity index (χ0v) is 17.2. The fraction of sp³-hybridized carbons (Fsp3) is 0.273. The number of aliphatic carboxylic acids is 1. The first kappa shape index (κ1) is 23.8. The average molecular weight is 463 g/mol. The van der Waals surface area contributed by atoms with Crippen LogP contribution in [0.3, 0.4) is 0 Å². The quantitative estimate of drug-likeness (QED) is 0.622. The largest absolute Gasteiger partial charge is 0.490 e. The number of benzene rings is 1. The Hall–Kier alpha value is -3.89. The van der Waals surface area contributed by atoms with Gasteiger partial charge < -0.3 is 19.3 Å². The lowest BCUT2D eigenvalue weighted by Crippen LogP contribution is -2.41. The molecule has 0 saturated carbocycles. The summed E-state index contributed by atoms with van der Waals surface area (Å²) in [5.41, 5.74) is 1.25. The number of alkyl halides is 3. The third-order valence-corrected chi connectivity index (χ3v) is 4.70. The number of carbonyl (C=O) groups is 2. The predicted octanol–water partition coefficient (Wildman–Crippen LogP) is 4.05. The van der Waals surface area contributed by atoms with Gasteiger partial charge in [0.05, 0.1) is 6.20 Å². The number of pyridine rings is 1. The number of carboxylic acid groups (broad SMARTS) is 1. The number of carbonyl (C=O) groups excluding carboxylic acids is 1. The Morgan fingerprint density at radius 1 is 1.09 bits per heavy atom. The number of likely N-dealkylation sites (tertiary alicyclic amines) is 1. The summed E-state index contributed by atoms with van der Waals surface area (Å²) >= 11 is 0. The fourth-order valence-corrected chi connectivity index (χ4v) is 3.06. The molecular formula is C22H20F3N3O5. The van der Waals surface area contributed by atoms with Crippen LogP contribution >= 0.6 is 0 Å². The van der Waals surface area contributed by atoms with Gasteiger partial charge in [-0.15, -0.1) is 0 Å². The molecule has 0 spiro atoms. The number of ether oxygens (including phenoxy) is 1. The predicted molar refractivity (Wildman–Crippen MR) is 109 cm³/mol. The van der Waals surface area contributed by atoms with Crippen molar-refractivity contribution >= 4 is 11.9 Å². The number of rotatable bonds is 4. The van der Waals surface area contributed by atoms with Crippen molar-refractivity contribution in [3.8, 4) is 17.1 Å². The molecule has 0 bridgehead atoms. The van der Waals surface area contributed by atoms with Crippen molar-refractivity contribution in [2.75, 3.05) is 13.1 Å². The van der Waals surface area contributed by atoms with Gasteiger partial charge in [0.25, 0.3) is 5.91 Å². The van der Waals surface area contributed by atoms with E-state index in [0.29, 0.717) is 24.5 Å². The van der Waals surface area contributed by atoms with Gasteiger partial charge in [-0.1, -0.05) is 35.5 Å². The van der Waals surface area contributed by atoms with E-state index in [1.807, 2.05) is 42.5 Å². The summed E-state index contributed by atoms with van der Waals surface area (Å²) in [4.78, 5) is 27.4. The summed E-state index contributed by atoms with van der Waals surface area (Å²) in [7, 11) is 0. The van der Waals surface area contributed by atoms with Crippen molar-refractivity contribution in [3.63, 3.8) is 0 Å². The molecule has 0 unspecified atom stereocenters. The van der Waals surface area contributed by atoms with Crippen molar-refractivity contribution < 1.29 is 37.1 Å². The lowest BCUT2D eigenvalue weighted by molar-refractivity contribution is -0.192. The second kappa shape index (κ2) is 10.6. The van der Waals surface area contributed by atoms with Crippen LogP contribution in [0, 0.1) is 0 Å². The van der Waals surface area contributed by atoms with Crippen molar-refractivity contribution in [3.05, 3.63) is 66.6 Å². The summed E-state index contributed by atoms with van der Waals surface area (Å²) < 4.78 is 43.0. The number of halogens is 3. The molecule has 0 atom stereocenters. The van der Waals surface area contributed by atoms with Crippen molar-refractivity contribution in [2.24, 2.45) is 0 Å². The highest BCUT2D eigenvalue weighted by Gasteiger charge is 2.38. The van der Waals surface area contributed by atoms with E-state index in [1.165, 1.54) is 0 Å². The topological polar surface area (TPSA) is 106 Å². The number of hydrogen-bond acceptors (Lipinski definition) is 6. The summed E-state index contributed by atoms with van der Waals surface area (Å²) in [5, 5.41) is 11.1. The van der Waals surface area contributed by atoms with Crippen LogP contribution in [0.1, 0.15) is 23.3 Å². The maximum absolute atomic E-state index is 12.7. The molecule has 4 rings (SSSR count). The Morgan fingerprint density at radius 3 is 2.33 bits per heavy atom. The monoisotopic (exact) mass is 463 g/mol. The van der Waals surface area contributed by atoms with Crippen LogP contribution in [0.4, 0.5) is 13.2 Å². The molecular weight excluding hydrogens is 443 g/mol. The van der Waals surface area contributed by atoms with Gasteiger partial charge in [0, 0.05) is 43.8 Å². The molecule has 1 aliphatic rings. The molecule has 1 aliphatic heterocycles. The summed E-state index contributed by atoms with van der Waals surface area (Å²) in [6, 6.07) is 15.1. The molecule has 33 heavy (non-hydrogen) atoms. The molecule has 3 heterocycles. The van der Waals surface area contributed by atoms with E-state index < -0.39 is 12.1 Å². The van der Waals surface area contributed by atoms with E-state index in [1.54, 1.807) is 23.4 Å². The molecule has 11 heteroatoms. The minimum absolute atomic E-state index is 0.0976. The van der Waals surface area contributed by atoms with Crippen LogP contribution in [-0.4, -0.2) is 57.4 Å². The van der Waals surface area contributed by atoms with E-state index >= 15 is 0 Å². The highest BCUT2D eigenvalue weighted by molar-refractivity contribution is 5.93. The molecule has 1 N–H and O–H groups in total. The summed E-state index contributed by atoms with van der Waals surface area (Å²) in [6.07, 6.45) is 0.00223. The molecule has 0 radical (unpaired) electrons. The second-order valence-corrected chi connectivity index (χ2v) is 7.04. The maximum Gasteiger partial charge on any atom is 0.490 e. The maximum atomic E-state index is 12.7. The zero-order chi connectivity index (χ0) is 23.8. The molecule has 1 fully saturated rings. The van der Waals surface area contributed by atoms with Gasteiger partial charge in [-0.05, 0) is 12.1 Å². The number of nitrogens with zero attached hydrogens (tertiary/aromatic N) is 3. The van der Waals surface area contributed by atoms with Gasteiger partial charge in [0.15, 0.2) is 11.5 Å². The highest BCUT2D eigenvalue weighted by Crippen LogP contribution is 2.23. The van der Waals surface area contributed by atoms with Crippen LogP contribution in [0.2, 0.25) is 0 Å². The van der Waals surface area contributed by atoms with Crippen LogP contribution in [0.5, 0.6) is 5.75 Å². The first-order valence-corrected chi connectivity index (χ1v) is 9.92. The van der Waals surface area contributed by atoms with E-state index in [-0.39, 0.29) is 12.0 Å². The Bertz CT molecular complexity index is 1050. The van der Waals surface area contributed by atoms with Gasteiger partial charge in [0.2, 0.25) is 0 Å². The van der Waals surface area contributed by atoms with Gasteiger partial charge >= 0.3 is 12.1 Å². The second-order valence-electron chi connectivity index (χ2n) is 7.04. The standard InChI is InChI=1S/C20H19N3O3.C2HF3O2/c24-20(18-13-19(26-22-18)15-5-2-1-3-6-15)23-11-8-16(9-12-23)25-17-7-4-10-21-14-17;3-2(4,5)1(6)7/h1-7,10,13-14,16H,8-9,11-12H2;(H,6,7). The number of piperidine rings is 1. The molecule has 1 amide bonds. The zero-order valence-electron chi connectivity index (χ0n) is 17.2. The Kier molecular flexibility index (Phi) is 7.65. The van der Waals surface area contributed by atoms with Crippen molar-refractivity contribution in [1.29, 1.82) is 0 Å². The number of amides is 1. The van der Waals surface area contributed by atoms with Gasteiger partial charge in [-0.3, -0.25) is 9.78 Å². The van der Waals surface area contributed by atoms with E-state index in [0.717, 1.165) is 24.2 Å². The third kappa shape index (κ3) is 6.79. The Balaban J connectivity index is 0.000000383. The smallest absolute Gasteiger partial charge is 0.489 e. The van der Waals surface area contributed by atoms with Gasteiger partial charge in [-0.25, -0.2) is 4.79 Å². The first-order valence-electron chi connectivity index (χ1n) is 9.92. The molecule has 8 nitrogen and oxygen atoms in total. The van der Waals surface area contributed by atoms with Crippen molar-refractivity contribution in [2.45, 2.75) is 25.1 Å². The minimum atomic E-state index is -5.08. The summed E-state index contributed by atoms with van der Waals surface area (Å²) in [5.74, 6) is -1.49. The van der Waals surface area contributed by atoms with Gasteiger partial charge in [0.1, 0.15) is 11.9 Å². The number of carboxylic acids is 1. The number of hydrogen-bond donors (Lipinski definition) is 1. The van der Waals surface area contributed by atoms with E-state index in [2.05, 4.69) is 10.1 Å². The third-order valence-electron chi connectivity index (χ3n) is 4.70. The van der Waals surface area contributed by atoms with E-state index in [4.69, 9.17) is 19.2 Å². The average Bonchev–Trinajstić information content (AvgIpc) is 3.31. The molecule has 174 valence electrons. The van der Waals surface area contributed by atoms with Crippen LogP contribution in [-0.2, 0) is 4.79 Å². The molecule has 0 aliphatic carbocycles. The lowest BCUT2D eigenvalue weighted by Gasteiger charge is -2.31. The first-order chi connectivity index (χ1) is 15.7. The highest BCUT2D eigenvalue weighted by atomic mass is 19.4. The summed E-state index contributed by atoms with van der Waals surface area (Å²) in [6.45, 7) is 1.27. The molecule has 3 aromatic rings. The number of aromatic nitrogens is 2. The minimum Gasteiger partial charge on any atom is -0.489 e. The Morgan fingerprint density at radius 2 is 1.76 bits per heavy atom. The van der Waals surface area contributed by atoms with Gasteiger partial charge in [-0.2, -0.15) is 13.2 Å². The normalized spacial score (nSPS) is 14.2. The van der Waals surface area contributed by atoms with Crippen LogP contribution < -0.4 is 4.74 Å².